The molecule has 21 heavy (non-hydrogen) atoms. The first-order valence-corrected chi connectivity index (χ1v) is 7.90. The number of hydrogen-bond acceptors (Lipinski definition) is 2. The Hall–Kier alpha value is -1.55. The highest BCUT2D eigenvalue weighted by Gasteiger charge is 2.25. The third kappa shape index (κ3) is 2.42. The van der Waals surface area contributed by atoms with E-state index < -0.39 is 0 Å². The Morgan fingerprint density at radius 2 is 1.71 bits per heavy atom. The number of rotatable bonds is 2. The van der Waals surface area contributed by atoms with Crippen LogP contribution in [0, 0.1) is 11.8 Å². The topological polar surface area (TPSA) is 52.9 Å². The predicted molar refractivity (Wildman–Crippen MR) is 86.2 cm³/mol. The molecule has 1 aromatic heterocycles. The van der Waals surface area contributed by atoms with E-state index in [1.54, 1.807) is 9.13 Å². The van der Waals surface area contributed by atoms with Crippen LogP contribution in [0.1, 0.15) is 44.2 Å². The van der Waals surface area contributed by atoms with Gasteiger partial charge in [0, 0.05) is 20.1 Å². The van der Waals surface area contributed by atoms with Crippen LogP contribution in [-0.2, 0) is 14.1 Å². The molecule has 1 unspecified atom stereocenters. The Balaban J connectivity index is 1.94. The Bertz CT molecular complexity index is 705. The molecule has 0 aliphatic heterocycles. The third-order valence-corrected chi connectivity index (χ3v) is 5.25. The minimum Gasteiger partial charge on any atom is -0.324 e. The summed E-state index contributed by atoms with van der Waals surface area (Å²) in [5.41, 5.74) is 9.62. The van der Waals surface area contributed by atoms with Crippen LogP contribution in [0.3, 0.4) is 0 Å². The molecule has 2 N–H and O–H groups in total. The van der Waals surface area contributed by atoms with Crippen molar-refractivity contribution in [1.82, 2.24) is 9.13 Å². The molecule has 0 amide bonds. The van der Waals surface area contributed by atoms with Gasteiger partial charge in [-0.15, -0.1) is 0 Å². The predicted octanol–water partition coefficient (Wildman–Crippen LogP) is 2.70. The Kier molecular flexibility index (Phi) is 3.66. The average molecular weight is 287 g/mol. The normalized spacial score (nSPS) is 24.4. The molecule has 0 saturated heterocycles. The fraction of sp³-hybridized carbons (Fsp3) is 0.588. The van der Waals surface area contributed by atoms with Crippen LogP contribution in [0.25, 0.3) is 11.0 Å². The zero-order valence-electron chi connectivity index (χ0n) is 13.2. The fourth-order valence-electron chi connectivity index (χ4n) is 3.65. The highest BCUT2D eigenvalue weighted by atomic mass is 16.1. The molecule has 1 aliphatic rings. The lowest BCUT2D eigenvalue weighted by molar-refractivity contribution is 0.256. The molecule has 4 nitrogen and oxygen atoms in total. The maximum atomic E-state index is 12.0. The van der Waals surface area contributed by atoms with Gasteiger partial charge in [0.15, 0.2) is 0 Å². The molecule has 1 heterocycles. The van der Waals surface area contributed by atoms with Gasteiger partial charge in [-0.2, -0.15) is 0 Å². The van der Waals surface area contributed by atoms with Gasteiger partial charge in [0.2, 0.25) is 0 Å². The number of aromatic nitrogens is 2. The summed E-state index contributed by atoms with van der Waals surface area (Å²) in [4.78, 5) is 12.0. The van der Waals surface area contributed by atoms with Gasteiger partial charge in [0.1, 0.15) is 0 Å². The standard InChI is InChI=1S/C17H25N3O/c1-11-4-6-12(7-5-11)16(18)13-8-9-14-15(10-13)20(3)17(21)19(14)2/h8-12,16H,4-7,18H2,1-3H3. The van der Waals surface area contributed by atoms with Crippen molar-refractivity contribution in [3.05, 3.63) is 34.2 Å². The number of nitrogens with zero attached hydrogens (tertiary/aromatic N) is 2. The van der Waals surface area contributed by atoms with Crippen LogP contribution in [0.15, 0.2) is 23.0 Å². The summed E-state index contributed by atoms with van der Waals surface area (Å²) in [6, 6.07) is 6.29. The molecule has 4 heteroatoms. The molecule has 0 bridgehead atoms. The summed E-state index contributed by atoms with van der Waals surface area (Å²) in [6.07, 6.45) is 5.00. The zero-order valence-corrected chi connectivity index (χ0v) is 13.2. The van der Waals surface area contributed by atoms with Crippen LogP contribution in [0.2, 0.25) is 0 Å². The molecule has 114 valence electrons. The largest absolute Gasteiger partial charge is 0.328 e. The van der Waals surface area contributed by atoms with Crippen molar-refractivity contribution in [3.63, 3.8) is 0 Å². The monoisotopic (exact) mass is 287 g/mol. The first kappa shape index (κ1) is 14.4. The molecule has 1 aliphatic carbocycles. The van der Waals surface area contributed by atoms with Crippen LogP contribution in [0.5, 0.6) is 0 Å². The van der Waals surface area contributed by atoms with E-state index in [0.717, 1.165) is 22.5 Å². The van der Waals surface area contributed by atoms with Gasteiger partial charge in [0.25, 0.3) is 0 Å². The Labute approximate surface area is 125 Å². The second-order valence-electron chi connectivity index (χ2n) is 6.69. The van der Waals surface area contributed by atoms with E-state index in [4.69, 9.17) is 5.73 Å². The molecular formula is C17H25N3O. The van der Waals surface area contributed by atoms with Crippen molar-refractivity contribution < 1.29 is 0 Å². The van der Waals surface area contributed by atoms with Crippen LogP contribution < -0.4 is 11.4 Å². The minimum absolute atomic E-state index is 0.0159. The maximum Gasteiger partial charge on any atom is 0.328 e. The quantitative estimate of drug-likeness (QED) is 0.923. The summed E-state index contributed by atoms with van der Waals surface area (Å²) in [5, 5.41) is 0. The van der Waals surface area contributed by atoms with Crippen LogP contribution in [0.4, 0.5) is 0 Å². The highest BCUT2D eigenvalue weighted by Crippen LogP contribution is 2.36. The van der Waals surface area contributed by atoms with Gasteiger partial charge in [-0.1, -0.05) is 25.8 Å². The number of imidazole rings is 1. The van der Waals surface area contributed by atoms with E-state index in [1.807, 2.05) is 20.2 Å². The second-order valence-corrected chi connectivity index (χ2v) is 6.69. The maximum absolute atomic E-state index is 12.0. The smallest absolute Gasteiger partial charge is 0.324 e. The number of fused-ring (bicyclic) bond motifs is 1. The minimum atomic E-state index is 0.0159. The third-order valence-electron chi connectivity index (χ3n) is 5.25. The van der Waals surface area contributed by atoms with Crippen LogP contribution >= 0.6 is 0 Å². The fourth-order valence-corrected chi connectivity index (χ4v) is 3.65. The van der Waals surface area contributed by atoms with E-state index in [2.05, 4.69) is 19.1 Å². The lowest BCUT2D eigenvalue weighted by Gasteiger charge is -2.30. The van der Waals surface area contributed by atoms with Gasteiger partial charge < -0.3 is 5.73 Å². The summed E-state index contributed by atoms with van der Waals surface area (Å²) in [5.74, 6) is 1.41. The number of hydrogen-bond donors (Lipinski definition) is 1. The van der Waals surface area contributed by atoms with Gasteiger partial charge in [-0.25, -0.2) is 4.79 Å². The molecule has 0 spiro atoms. The highest BCUT2D eigenvalue weighted by molar-refractivity contribution is 5.77. The zero-order chi connectivity index (χ0) is 15.1. The molecule has 1 atom stereocenters. The Morgan fingerprint density at radius 3 is 2.38 bits per heavy atom. The van der Waals surface area contributed by atoms with E-state index in [0.29, 0.717) is 5.92 Å². The van der Waals surface area contributed by atoms with E-state index >= 15 is 0 Å². The molecule has 2 aromatic rings. The molecule has 1 saturated carbocycles. The first-order valence-electron chi connectivity index (χ1n) is 7.90. The average Bonchev–Trinajstić information content (AvgIpc) is 2.72. The number of nitrogens with two attached hydrogens (primary N) is 1. The van der Waals surface area contributed by atoms with Crippen molar-refractivity contribution in [1.29, 1.82) is 0 Å². The van der Waals surface area contributed by atoms with Crippen molar-refractivity contribution in [2.24, 2.45) is 31.7 Å². The van der Waals surface area contributed by atoms with E-state index in [1.165, 1.54) is 25.7 Å². The van der Waals surface area contributed by atoms with Gasteiger partial charge in [-0.3, -0.25) is 9.13 Å². The summed E-state index contributed by atoms with van der Waals surface area (Å²) < 4.78 is 3.39. The lowest BCUT2D eigenvalue weighted by atomic mass is 9.77. The number of benzene rings is 1. The van der Waals surface area contributed by atoms with Crippen LogP contribution in [-0.4, -0.2) is 9.13 Å². The molecule has 0 radical (unpaired) electrons. The van der Waals surface area contributed by atoms with Gasteiger partial charge in [-0.05, 0) is 42.4 Å². The summed E-state index contributed by atoms with van der Waals surface area (Å²) >= 11 is 0. The molecule has 1 aromatic carbocycles. The van der Waals surface area contributed by atoms with Crippen molar-refractivity contribution >= 4 is 11.0 Å². The van der Waals surface area contributed by atoms with Crippen molar-refractivity contribution in [2.45, 2.75) is 38.6 Å². The summed E-state index contributed by atoms with van der Waals surface area (Å²) in [6.45, 7) is 2.33. The van der Waals surface area contributed by atoms with Crippen molar-refractivity contribution in [3.8, 4) is 0 Å². The van der Waals surface area contributed by atoms with Crippen molar-refractivity contribution in [2.75, 3.05) is 0 Å². The van der Waals surface area contributed by atoms with E-state index in [9.17, 15) is 4.79 Å². The lowest BCUT2D eigenvalue weighted by Crippen LogP contribution is -2.25. The Morgan fingerprint density at radius 1 is 1.10 bits per heavy atom. The summed E-state index contributed by atoms with van der Waals surface area (Å²) in [7, 11) is 3.63. The molecule has 3 rings (SSSR count). The van der Waals surface area contributed by atoms with Gasteiger partial charge >= 0.3 is 5.69 Å². The molecular weight excluding hydrogens is 262 g/mol. The van der Waals surface area contributed by atoms with E-state index in [-0.39, 0.29) is 11.7 Å². The SMILES string of the molecule is CC1CCC(C(N)c2ccc3c(c2)n(C)c(=O)n3C)CC1. The second kappa shape index (κ2) is 5.34. The molecule has 1 fully saturated rings. The first-order chi connectivity index (χ1) is 9.99. The van der Waals surface area contributed by atoms with Gasteiger partial charge in [0.05, 0.1) is 11.0 Å². The number of aryl methyl sites for hydroxylation is 2.